The highest BCUT2D eigenvalue weighted by molar-refractivity contribution is 7.89. The van der Waals surface area contributed by atoms with Gasteiger partial charge in [0.1, 0.15) is 5.75 Å². The van der Waals surface area contributed by atoms with Crippen LogP contribution in [-0.4, -0.2) is 38.5 Å². The molecule has 1 unspecified atom stereocenters. The molecule has 6 heteroatoms. The van der Waals surface area contributed by atoms with E-state index in [-0.39, 0.29) is 0 Å². The number of aryl methyl sites for hydroxylation is 1. The lowest BCUT2D eigenvalue weighted by molar-refractivity contribution is -0.119. The van der Waals surface area contributed by atoms with Crippen LogP contribution in [0.3, 0.4) is 0 Å². The zero-order valence-corrected chi connectivity index (χ0v) is 14.9. The van der Waals surface area contributed by atoms with Gasteiger partial charge in [-0.1, -0.05) is 60.2 Å². The minimum absolute atomic E-state index is 0.392. The minimum atomic E-state index is -3.59. The molecular formula is C18H22N2O3S. The summed E-state index contributed by atoms with van der Waals surface area (Å²) in [6.07, 6.45) is 0. The highest BCUT2D eigenvalue weighted by atomic mass is 32.2. The highest BCUT2D eigenvalue weighted by Gasteiger charge is 2.22. The Morgan fingerprint density at radius 1 is 1.00 bits per heavy atom. The molecule has 0 saturated heterocycles. The number of nitrogens with zero attached hydrogens (tertiary/aromatic N) is 1. The molecule has 5 nitrogen and oxygen atoms in total. The molecule has 128 valence electrons. The maximum atomic E-state index is 12.3. The second kappa shape index (κ2) is 7.59. The molecule has 0 aliphatic rings. The van der Waals surface area contributed by atoms with Gasteiger partial charge < -0.3 is 5.32 Å². The summed E-state index contributed by atoms with van der Waals surface area (Å²) in [7, 11) is -0.765. The van der Waals surface area contributed by atoms with Crippen LogP contribution in [0.2, 0.25) is 0 Å². The molecule has 0 radical (unpaired) electrons. The monoisotopic (exact) mass is 346 g/mol. The van der Waals surface area contributed by atoms with Crippen LogP contribution in [0.25, 0.3) is 0 Å². The quantitative estimate of drug-likeness (QED) is 0.871. The van der Waals surface area contributed by atoms with Gasteiger partial charge in [0.2, 0.25) is 15.9 Å². The van der Waals surface area contributed by atoms with E-state index in [2.05, 4.69) is 5.32 Å². The number of carbonyl (C=O) groups excluding carboxylic acids is 1. The van der Waals surface area contributed by atoms with E-state index in [1.165, 1.54) is 14.1 Å². The molecule has 0 spiro atoms. The van der Waals surface area contributed by atoms with Gasteiger partial charge in [0, 0.05) is 14.1 Å². The molecule has 2 rings (SSSR count). The normalized spacial score (nSPS) is 12.8. The van der Waals surface area contributed by atoms with Crippen molar-refractivity contribution >= 4 is 15.9 Å². The van der Waals surface area contributed by atoms with Gasteiger partial charge in [-0.3, -0.25) is 4.79 Å². The smallest absolute Gasteiger partial charge is 0.237 e. The second-order valence-corrected chi connectivity index (χ2v) is 8.04. The van der Waals surface area contributed by atoms with Crippen LogP contribution in [0.1, 0.15) is 22.7 Å². The zero-order valence-electron chi connectivity index (χ0n) is 14.1. The maximum Gasteiger partial charge on any atom is 0.237 e. The van der Waals surface area contributed by atoms with Gasteiger partial charge in [0.15, 0.2) is 0 Å². The fourth-order valence-electron chi connectivity index (χ4n) is 2.26. The predicted molar refractivity (Wildman–Crippen MR) is 95.1 cm³/mol. The van der Waals surface area contributed by atoms with E-state index in [9.17, 15) is 13.2 Å². The average Bonchev–Trinajstić information content (AvgIpc) is 2.54. The summed E-state index contributed by atoms with van der Waals surface area (Å²) in [6, 6.07) is 16.9. The molecule has 0 saturated carbocycles. The Morgan fingerprint density at radius 3 is 2.08 bits per heavy atom. The summed E-state index contributed by atoms with van der Waals surface area (Å²) in [4.78, 5) is 12.3. The van der Waals surface area contributed by atoms with E-state index in [1.807, 2.05) is 61.5 Å². The van der Waals surface area contributed by atoms with Crippen molar-refractivity contribution < 1.29 is 13.2 Å². The lowest BCUT2D eigenvalue weighted by Crippen LogP contribution is -2.38. The van der Waals surface area contributed by atoms with Gasteiger partial charge in [0.25, 0.3) is 0 Å². The lowest BCUT2D eigenvalue weighted by Gasteiger charge is -2.21. The van der Waals surface area contributed by atoms with Crippen molar-refractivity contribution in [2.75, 3.05) is 19.8 Å². The summed E-state index contributed by atoms with van der Waals surface area (Å²) >= 11 is 0. The van der Waals surface area contributed by atoms with E-state index in [1.54, 1.807) is 0 Å². The summed E-state index contributed by atoms with van der Waals surface area (Å²) in [5.41, 5.74) is 2.92. The molecule has 0 heterocycles. The molecule has 2 aromatic carbocycles. The molecule has 0 fully saturated rings. The van der Waals surface area contributed by atoms with Crippen LogP contribution in [0.4, 0.5) is 0 Å². The summed E-state index contributed by atoms with van der Waals surface area (Å²) in [6.45, 7) is 1.99. The number of carbonyl (C=O) groups is 1. The van der Waals surface area contributed by atoms with Crippen LogP contribution >= 0.6 is 0 Å². The Morgan fingerprint density at radius 2 is 1.54 bits per heavy atom. The van der Waals surface area contributed by atoms with E-state index in [4.69, 9.17) is 0 Å². The van der Waals surface area contributed by atoms with Crippen molar-refractivity contribution in [2.45, 2.75) is 13.0 Å². The Balaban J connectivity index is 2.27. The van der Waals surface area contributed by atoms with Gasteiger partial charge in [-0.15, -0.1) is 0 Å². The van der Waals surface area contributed by atoms with Crippen LogP contribution in [0, 0.1) is 6.92 Å². The molecule has 1 atom stereocenters. The van der Waals surface area contributed by atoms with Gasteiger partial charge in [-0.05, 0) is 18.1 Å². The topological polar surface area (TPSA) is 66.5 Å². The van der Waals surface area contributed by atoms with Gasteiger partial charge in [-0.25, -0.2) is 12.7 Å². The largest absolute Gasteiger partial charge is 0.344 e. The van der Waals surface area contributed by atoms with E-state index >= 15 is 0 Å². The standard InChI is InChI=1S/C18H22N2O3S/c1-14-9-11-16(12-10-14)18(15-7-5-4-6-8-15)19-17(21)13-24(22,23)20(2)3/h4-12,18H,13H2,1-3H3,(H,19,21). The van der Waals surface area contributed by atoms with Gasteiger partial charge in [0.05, 0.1) is 6.04 Å². The summed E-state index contributed by atoms with van der Waals surface area (Å²) in [5.74, 6) is -1.10. The molecule has 0 aliphatic carbocycles. The highest BCUT2D eigenvalue weighted by Crippen LogP contribution is 2.22. The molecule has 2 aromatic rings. The first-order valence-electron chi connectivity index (χ1n) is 7.60. The fraction of sp³-hybridized carbons (Fsp3) is 0.278. The number of nitrogens with one attached hydrogen (secondary N) is 1. The third kappa shape index (κ3) is 4.66. The first-order valence-corrected chi connectivity index (χ1v) is 9.21. The first-order chi connectivity index (χ1) is 11.3. The lowest BCUT2D eigenvalue weighted by atomic mass is 9.98. The Kier molecular flexibility index (Phi) is 5.75. The molecule has 0 aromatic heterocycles. The Labute approximate surface area is 143 Å². The van der Waals surface area contributed by atoms with E-state index in [0.29, 0.717) is 0 Å². The molecular weight excluding hydrogens is 324 g/mol. The SMILES string of the molecule is Cc1ccc(C(NC(=O)CS(=O)(=O)N(C)C)c2ccccc2)cc1. The molecule has 1 amide bonds. The van der Waals surface area contributed by atoms with E-state index < -0.39 is 27.7 Å². The maximum absolute atomic E-state index is 12.3. The van der Waals surface area contributed by atoms with E-state index in [0.717, 1.165) is 21.0 Å². The third-order valence-electron chi connectivity index (χ3n) is 3.72. The summed E-state index contributed by atoms with van der Waals surface area (Å²) in [5, 5.41) is 2.84. The number of rotatable bonds is 6. The third-order valence-corrected chi connectivity index (χ3v) is 5.46. The number of sulfonamides is 1. The van der Waals surface area contributed by atoms with Crippen LogP contribution in [0.15, 0.2) is 54.6 Å². The minimum Gasteiger partial charge on any atom is -0.344 e. The zero-order chi connectivity index (χ0) is 17.7. The average molecular weight is 346 g/mol. The van der Waals surface area contributed by atoms with Crippen molar-refractivity contribution in [3.8, 4) is 0 Å². The molecule has 24 heavy (non-hydrogen) atoms. The molecule has 0 aliphatic heterocycles. The molecule has 1 N–H and O–H groups in total. The van der Waals surface area contributed by atoms with Gasteiger partial charge >= 0.3 is 0 Å². The van der Waals surface area contributed by atoms with Crippen molar-refractivity contribution in [1.82, 2.24) is 9.62 Å². The number of hydrogen-bond donors (Lipinski definition) is 1. The van der Waals surface area contributed by atoms with Crippen molar-refractivity contribution in [2.24, 2.45) is 0 Å². The first kappa shape index (κ1) is 18.2. The summed E-state index contributed by atoms with van der Waals surface area (Å²) < 4.78 is 24.9. The van der Waals surface area contributed by atoms with Gasteiger partial charge in [-0.2, -0.15) is 0 Å². The van der Waals surface area contributed by atoms with Crippen molar-refractivity contribution in [1.29, 1.82) is 0 Å². The number of benzene rings is 2. The number of hydrogen-bond acceptors (Lipinski definition) is 3. The van der Waals surface area contributed by atoms with Crippen LogP contribution in [-0.2, 0) is 14.8 Å². The van der Waals surface area contributed by atoms with Crippen LogP contribution < -0.4 is 5.32 Å². The Bertz CT molecular complexity index is 785. The van der Waals surface area contributed by atoms with Crippen molar-refractivity contribution in [3.05, 3.63) is 71.3 Å². The van der Waals surface area contributed by atoms with Crippen molar-refractivity contribution in [3.63, 3.8) is 0 Å². The fourth-order valence-corrected chi connectivity index (χ4v) is 2.93. The molecule has 0 bridgehead atoms. The second-order valence-electron chi connectivity index (χ2n) is 5.86. The predicted octanol–water partition coefficient (Wildman–Crippen LogP) is 2.09. The Hall–Kier alpha value is -2.18. The van der Waals surface area contributed by atoms with Crippen LogP contribution in [0.5, 0.6) is 0 Å². The number of amides is 1.